The second-order valence-electron chi connectivity index (χ2n) is 4.62. The van der Waals surface area contributed by atoms with E-state index in [0.717, 1.165) is 25.9 Å². The second-order valence-corrected chi connectivity index (χ2v) is 4.62. The molecule has 4 heteroatoms. The molecule has 0 spiro atoms. The number of hydrogen-bond acceptors (Lipinski definition) is 2. The Morgan fingerprint density at radius 2 is 1.78 bits per heavy atom. The number of amides is 2. The smallest absolute Gasteiger partial charge is 0.251 e. The fraction of sp³-hybridized carbons (Fsp3) is 0.429. The van der Waals surface area contributed by atoms with Crippen LogP contribution in [0.3, 0.4) is 0 Å². The summed E-state index contributed by atoms with van der Waals surface area (Å²) in [5.74, 6) is 0.0831. The van der Waals surface area contributed by atoms with Gasteiger partial charge >= 0.3 is 0 Å². The van der Waals surface area contributed by atoms with Crippen LogP contribution in [-0.2, 0) is 4.79 Å². The highest BCUT2D eigenvalue weighted by atomic mass is 16.2. The van der Waals surface area contributed by atoms with Crippen molar-refractivity contribution in [3.05, 3.63) is 35.9 Å². The largest absolute Gasteiger partial charge is 0.349 e. The summed E-state index contributed by atoms with van der Waals surface area (Å²) in [7, 11) is 0. The number of carbonyl (C=O) groups is 2. The number of rotatable bonds is 2. The highest BCUT2D eigenvalue weighted by Crippen LogP contribution is 2.11. The van der Waals surface area contributed by atoms with Crippen LogP contribution in [0.4, 0.5) is 0 Å². The van der Waals surface area contributed by atoms with Gasteiger partial charge in [0.2, 0.25) is 5.91 Å². The Kier molecular flexibility index (Phi) is 3.97. The Balaban J connectivity index is 1.85. The molecule has 2 amide bonds. The standard InChI is InChI=1S/C14H18N2O2/c1-11(17)16-9-7-13(8-10-16)15-14(18)12-5-3-2-4-6-12/h2-6,13H,7-10H2,1H3,(H,15,18). The van der Waals surface area contributed by atoms with Crippen molar-refractivity contribution in [2.24, 2.45) is 0 Å². The van der Waals surface area contributed by atoms with Gasteiger partial charge in [-0.15, -0.1) is 0 Å². The molecular weight excluding hydrogens is 228 g/mol. The Hall–Kier alpha value is -1.84. The van der Waals surface area contributed by atoms with E-state index in [1.54, 1.807) is 19.1 Å². The molecule has 1 aromatic rings. The summed E-state index contributed by atoms with van der Waals surface area (Å²) in [5, 5.41) is 3.02. The van der Waals surface area contributed by atoms with Crippen molar-refractivity contribution in [2.75, 3.05) is 13.1 Å². The number of likely N-dealkylation sites (tertiary alicyclic amines) is 1. The zero-order valence-electron chi connectivity index (χ0n) is 10.6. The maximum Gasteiger partial charge on any atom is 0.251 e. The molecule has 0 bridgehead atoms. The van der Waals surface area contributed by atoms with E-state index >= 15 is 0 Å². The van der Waals surface area contributed by atoms with E-state index in [1.807, 2.05) is 23.1 Å². The van der Waals surface area contributed by atoms with E-state index in [9.17, 15) is 9.59 Å². The molecule has 1 N–H and O–H groups in total. The van der Waals surface area contributed by atoms with Gasteiger partial charge in [0.15, 0.2) is 0 Å². The highest BCUT2D eigenvalue weighted by molar-refractivity contribution is 5.94. The quantitative estimate of drug-likeness (QED) is 0.858. The molecule has 0 radical (unpaired) electrons. The minimum Gasteiger partial charge on any atom is -0.349 e. The minimum atomic E-state index is -0.0307. The van der Waals surface area contributed by atoms with Crippen LogP contribution in [0.1, 0.15) is 30.1 Å². The molecule has 96 valence electrons. The summed E-state index contributed by atoms with van der Waals surface area (Å²) in [6.45, 7) is 3.05. The Morgan fingerprint density at radius 1 is 1.17 bits per heavy atom. The van der Waals surface area contributed by atoms with Gasteiger partial charge in [0.1, 0.15) is 0 Å². The Bertz CT molecular complexity index is 423. The van der Waals surface area contributed by atoms with E-state index in [0.29, 0.717) is 5.56 Å². The van der Waals surface area contributed by atoms with Crippen LogP contribution in [-0.4, -0.2) is 35.8 Å². The molecule has 0 aliphatic carbocycles. The lowest BCUT2D eigenvalue weighted by Crippen LogP contribution is -2.45. The number of hydrogen-bond donors (Lipinski definition) is 1. The number of nitrogens with one attached hydrogen (secondary N) is 1. The summed E-state index contributed by atoms with van der Waals surface area (Å²) in [6.07, 6.45) is 1.66. The molecule has 2 rings (SSSR count). The number of benzene rings is 1. The molecule has 1 saturated heterocycles. The van der Waals surface area contributed by atoms with Gasteiger partial charge in [0.25, 0.3) is 5.91 Å². The summed E-state index contributed by atoms with van der Waals surface area (Å²) in [6, 6.07) is 9.39. The SMILES string of the molecule is CC(=O)N1CCC(NC(=O)c2ccccc2)CC1. The van der Waals surface area contributed by atoms with Gasteiger partial charge in [-0.2, -0.15) is 0 Å². The van der Waals surface area contributed by atoms with Crippen LogP contribution >= 0.6 is 0 Å². The molecule has 1 aliphatic rings. The van der Waals surface area contributed by atoms with Crippen LogP contribution in [0.25, 0.3) is 0 Å². The van der Waals surface area contributed by atoms with Crippen LogP contribution in [0.2, 0.25) is 0 Å². The van der Waals surface area contributed by atoms with Gasteiger partial charge in [0.05, 0.1) is 0 Å². The van der Waals surface area contributed by atoms with Crippen molar-refractivity contribution < 1.29 is 9.59 Å². The molecule has 1 aliphatic heterocycles. The molecule has 0 atom stereocenters. The Labute approximate surface area is 107 Å². The van der Waals surface area contributed by atoms with Gasteiger partial charge in [-0.3, -0.25) is 9.59 Å². The summed E-state index contributed by atoms with van der Waals surface area (Å²) >= 11 is 0. The first kappa shape index (κ1) is 12.6. The maximum absolute atomic E-state index is 11.9. The molecule has 4 nitrogen and oxygen atoms in total. The van der Waals surface area contributed by atoms with Crippen molar-refractivity contribution in [3.8, 4) is 0 Å². The second kappa shape index (κ2) is 5.67. The predicted molar refractivity (Wildman–Crippen MR) is 69.2 cm³/mol. The topological polar surface area (TPSA) is 49.4 Å². The van der Waals surface area contributed by atoms with Crippen molar-refractivity contribution in [1.29, 1.82) is 0 Å². The van der Waals surface area contributed by atoms with Crippen molar-refractivity contribution in [3.63, 3.8) is 0 Å². The van der Waals surface area contributed by atoms with Crippen molar-refractivity contribution in [1.82, 2.24) is 10.2 Å². The maximum atomic E-state index is 11.9. The third kappa shape index (κ3) is 3.09. The summed E-state index contributed by atoms with van der Waals surface area (Å²) < 4.78 is 0. The van der Waals surface area contributed by atoms with Gasteiger partial charge < -0.3 is 10.2 Å². The van der Waals surface area contributed by atoms with Crippen LogP contribution in [0.5, 0.6) is 0 Å². The molecule has 0 aromatic heterocycles. The van der Waals surface area contributed by atoms with Crippen molar-refractivity contribution in [2.45, 2.75) is 25.8 Å². The number of nitrogens with zero attached hydrogens (tertiary/aromatic N) is 1. The zero-order valence-corrected chi connectivity index (χ0v) is 10.6. The lowest BCUT2D eigenvalue weighted by Gasteiger charge is -2.31. The molecule has 0 saturated carbocycles. The third-order valence-corrected chi connectivity index (χ3v) is 3.31. The van der Waals surface area contributed by atoms with Gasteiger partial charge in [-0.05, 0) is 25.0 Å². The molecule has 1 heterocycles. The molecule has 18 heavy (non-hydrogen) atoms. The average Bonchev–Trinajstić information content (AvgIpc) is 2.40. The lowest BCUT2D eigenvalue weighted by molar-refractivity contribution is -0.129. The first-order valence-electron chi connectivity index (χ1n) is 6.28. The van der Waals surface area contributed by atoms with Crippen LogP contribution in [0, 0.1) is 0 Å². The van der Waals surface area contributed by atoms with Gasteiger partial charge in [-0.25, -0.2) is 0 Å². The first-order chi connectivity index (χ1) is 8.66. The number of piperidine rings is 1. The van der Waals surface area contributed by atoms with E-state index in [1.165, 1.54) is 0 Å². The minimum absolute atomic E-state index is 0.0307. The zero-order chi connectivity index (χ0) is 13.0. The van der Waals surface area contributed by atoms with E-state index in [2.05, 4.69) is 5.32 Å². The Morgan fingerprint density at radius 3 is 2.33 bits per heavy atom. The van der Waals surface area contributed by atoms with Gasteiger partial charge in [-0.1, -0.05) is 18.2 Å². The lowest BCUT2D eigenvalue weighted by atomic mass is 10.0. The van der Waals surface area contributed by atoms with E-state index in [4.69, 9.17) is 0 Å². The van der Waals surface area contributed by atoms with E-state index in [-0.39, 0.29) is 17.9 Å². The van der Waals surface area contributed by atoms with Gasteiger partial charge in [0, 0.05) is 31.6 Å². The normalized spacial score (nSPS) is 16.4. The highest BCUT2D eigenvalue weighted by Gasteiger charge is 2.22. The predicted octanol–water partition coefficient (Wildman–Crippen LogP) is 1.43. The molecule has 1 aromatic carbocycles. The van der Waals surface area contributed by atoms with Crippen LogP contribution in [0.15, 0.2) is 30.3 Å². The summed E-state index contributed by atoms with van der Waals surface area (Å²) in [5.41, 5.74) is 0.687. The summed E-state index contributed by atoms with van der Waals surface area (Å²) in [4.78, 5) is 24.9. The molecule has 1 fully saturated rings. The fourth-order valence-electron chi connectivity index (χ4n) is 2.20. The monoisotopic (exact) mass is 246 g/mol. The van der Waals surface area contributed by atoms with E-state index < -0.39 is 0 Å². The fourth-order valence-corrected chi connectivity index (χ4v) is 2.20. The number of carbonyl (C=O) groups excluding carboxylic acids is 2. The molecule has 0 unspecified atom stereocenters. The molecular formula is C14H18N2O2. The third-order valence-electron chi connectivity index (χ3n) is 3.31. The van der Waals surface area contributed by atoms with Crippen molar-refractivity contribution >= 4 is 11.8 Å². The average molecular weight is 246 g/mol. The van der Waals surface area contributed by atoms with Crippen LogP contribution < -0.4 is 5.32 Å². The first-order valence-corrected chi connectivity index (χ1v) is 6.28.